The van der Waals surface area contributed by atoms with Crippen molar-refractivity contribution >= 4 is 5.91 Å². The maximum Gasteiger partial charge on any atom is 0.253 e. The molecule has 1 atom stereocenters. The van der Waals surface area contributed by atoms with Crippen molar-refractivity contribution in [2.75, 3.05) is 13.7 Å². The van der Waals surface area contributed by atoms with Gasteiger partial charge in [0.1, 0.15) is 0 Å². The Kier molecular flexibility index (Phi) is 6.52. The van der Waals surface area contributed by atoms with E-state index in [1.807, 2.05) is 30.3 Å². The van der Waals surface area contributed by atoms with Crippen LogP contribution < -0.4 is 5.32 Å². The molecule has 0 fully saturated rings. The third-order valence-electron chi connectivity index (χ3n) is 2.59. The van der Waals surface area contributed by atoms with Crippen molar-refractivity contribution in [3.63, 3.8) is 0 Å². The zero-order valence-electron chi connectivity index (χ0n) is 10.6. The number of amides is 1. The summed E-state index contributed by atoms with van der Waals surface area (Å²) < 4.78 is 5.21. The molecular formula is C14H18N2O2. The van der Waals surface area contributed by atoms with Gasteiger partial charge in [-0.25, -0.2) is 0 Å². The Labute approximate surface area is 108 Å². The largest absolute Gasteiger partial charge is 0.367 e. The van der Waals surface area contributed by atoms with Crippen molar-refractivity contribution in [2.45, 2.75) is 25.4 Å². The monoisotopic (exact) mass is 246 g/mol. The van der Waals surface area contributed by atoms with Crippen LogP contribution in [0.5, 0.6) is 0 Å². The number of carbonyl (C=O) groups is 1. The lowest BCUT2D eigenvalue weighted by Gasteiger charge is -2.15. The highest BCUT2D eigenvalue weighted by Crippen LogP contribution is 2.15. The average molecular weight is 246 g/mol. The normalized spacial score (nSPS) is 11.6. The van der Waals surface area contributed by atoms with Gasteiger partial charge < -0.3 is 10.1 Å². The molecule has 0 heterocycles. The minimum atomic E-state index is -0.567. The third kappa shape index (κ3) is 4.56. The Morgan fingerprint density at radius 1 is 1.39 bits per heavy atom. The van der Waals surface area contributed by atoms with Gasteiger partial charge in [-0.1, -0.05) is 30.3 Å². The lowest BCUT2D eigenvalue weighted by atomic mass is 10.1. The molecule has 1 aromatic rings. The van der Waals surface area contributed by atoms with Gasteiger partial charge in [-0.3, -0.25) is 4.79 Å². The van der Waals surface area contributed by atoms with E-state index in [9.17, 15) is 4.79 Å². The number of benzene rings is 1. The minimum Gasteiger partial charge on any atom is -0.367 e. The number of rotatable bonds is 7. The van der Waals surface area contributed by atoms with Gasteiger partial charge in [0.05, 0.1) is 6.07 Å². The zero-order chi connectivity index (χ0) is 13.2. The molecular weight excluding hydrogens is 228 g/mol. The number of hydrogen-bond acceptors (Lipinski definition) is 3. The number of nitrogens with zero attached hydrogens (tertiary/aromatic N) is 1. The van der Waals surface area contributed by atoms with Crippen LogP contribution in [0.25, 0.3) is 0 Å². The summed E-state index contributed by atoms with van der Waals surface area (Å²) in [7, 11) is 1.52. The van der Waals surface area contributed by atoms with Gasteiger partial charge in [-0.2, -0.15) is 5.26 Å². The summed E-state index contributed by atoms with van der Waals surface area (Å²) in [5.74, 6) is -0.138. The summed E-state index contributed by atoms with van der Waals surface area (Å²) in [4.78, 5) is 11.9. The number of hydrogen-bond donors (Lipinski definition) is 1. The molecule has 0 saturated heterocycles. The summed E-state index contributed by atoms with van der Waals surface area (Å²) in [5, 5.41) is 11.2. The van der Waals surface area contributed by atoms with E-state index in [1.54, 1.807) is 0 Å². The molecule has 1 aromatic carbocycles. The van der Waals surface area contributed by atoms with Crippen molar-refractivity contribution in [3.8, 4) is 6.07 Å². The minimum absolute atomic E-state index is 0.138. The molecule has 4 heteroatoms. The van der Waals surface area contributed by atoms with Gasteiger partial charge in [0.15, 0.2) is 6.10 Å². The van der Waals surface area contributed by atoms with E-state index in [1.165, 1.54) is 7.11 Å². The number of nitriles is 1. The quantitative estimate of drug-likeness (QED) is 0.750. The van der Waals surface area contributed by atoms with Crippen LogP contribution in [-0.2, 0) is 9.53 Å². The number of unbranched alkanes of at least 4 members (excludes halogenated alkanes) is 2. The Hall–Kier alpha value is -1.86. The third-order valence-corrected chi connectivity index (χ3v) is 2.59. The molecule has 18 heavy (non-hydrogen) atoms. The zero-order valence-corrected chi connectivity index (χ0v) is 10.6. The Morgan fingerprint density at radius 3 is 2.72 bits per heavy atom. The number of carbonyl (C=O) groups excluding carboxylic acids is 1. The fourth-order valence-electron chi connectivity index (χ4n) is 1.66. The second kappa shape index (κ2) is 8.26. The average Bonchev–Trinajstić information content (AvgIpc) is 2.40. The van der Waals surface area contributed by atoms with Crippen molar-refractivity contribution in [1.29, 1.82) is 5.26 Å². The summed E-state index contributed by atoms with van der Waals surface area (Å²) >= 11 is 0. The Morgan fingerprint density at radius 2 is 2.11 bits per heavy atom. The van der Waals surface area contributed by atoms with Gasteiger partial charge in [0.25, 0.3) is 5.91 Å². The summed E-state index contributed by atoms with van der Waals surface area (Å²) in [6, 6.07) is 11.5. The predicted octanol–water partition coefficient (Wildman–Crippen LogP) is 2.18. The van der Waals surface area contributed by atoms with E-state index in [4.69, 9.17) is 10.00 Å². The topological polar surface area (TPSA) is 62.1 Å². The van der Waals surface area contributed by atoms with E-state index in [0.717, 1.165) is 18.4 Å². The Bertz CT molecular complexity index is 398. The first-order valence-corrected chi connectivity index (χ1v) is 6.02. The molecule has 0 spiro atoms. The molecule has 0 bridgehead atoms. The van der Waals surface area contributed by atoms with Crippen LogP contribution in [-0.4, -0.2) is 19.6 Å². The molecule has 0 radical (unpaired) electrons. The predicted molar refractivity (Wildman–Crippen MR) is 68.7 cm³/mol. The van der Waals surface area contributed by atoms with Gasteiger partial charge >= 0.3 is 0 Å². The van der Waals surface area contributed by atoms with Crippen LogP contribution in [0.4, 0.5) is 0 Å². The van der Waals surface area contributed by atoms with E-state index in [2.05, 4.69) is 11.4 Å². The van der Waals surface area contributed by atoms with E-state index < -0.39 is 6.10 Å². The molecule has 0 aliphatic rings. The van der Waals surface area contributed by atoms with Crippen molar-refractivity contribution in [2.24, 2.45) is 0 Å². The fraction of sp³-hybridized carbons (Fsp3) is 0.429. The van der Waals surface area contributed by atoms with Gasteiger partial charge in [0.2, 0.25) is 0 Å². The number of ether oxygens (including phenoxy) is 1. The van der Waals surface area contributed by atoms with Gasteiger partial charge in [-0.05, 0) is 18.4 Å². The lowest BCUT2D eigenvalue weighted by Crippen LogP contribution is -2.31. The first-order chi connectivity index (χ1) is 8.79. The fourth-order valence-corrected chi connectivity index (χ4v) is 1.66. The SMILES string of the molecule is COC(C(=O)NCCCCC#N)c1ccccc1. The molecule has 0 aromatic heterocycles. The first kappa shape index (κ1) is 14.2. The van der Waals surface area contributed by atoms with Crippen LogP contribution in [0.15, 0.2) is 30.3 Å². The van der Waals surface area contributed by atoms with Crippen LogP contribution in [0.3, 0.4) is 0 Å². The summed E-state index contributed by atoms with van der Waals surface area (Å²) in [5.41, 5.74) is 0.842. The van der Waals surface area contributed by atoms with Gasteiger partial charge in [-0.15, -0.1) is 0 Å². The van der Waals surface area contributed by atoms with E-state index in [-0.39, 0.29) is 5.91 Å². The second-order valence-corrected chi connectivity index (χ2v) is 3.93. The Balaban J connectivity index is 2.42. The standard InChI is InChI=1S/C14H18N2O2/c1-18-13(12-8-4-2-5-9-12)14(17)16-11-7-3-6-10-15/h2,4-5,8-9,13H,3,6-7,11H2,1H3,(H,16,17). The van der Waals surface area contributed by atoms with Crippen molar-refractivity contribution in [1.82, 2.24) is 5.32 Å². The second-order valence-electron chi connectivity index (χ2n) is 3.93. The molecule has 4 nitrogen and oxygen atoms in total. The highest BCUT2D eigenvalue weighted by Gasteiger charge is 2.18. The molecule has 1 amide bonds. The molecule has 1 rings (SSSR count). The number of nitrogens with one attached hydrogen (secondary N) is 1. The van der Waals surface area contributed by atoms with Crippen LogP contribution in [0.1, 0.15) is 30.9 Å². The summed E-state index contributed by atoms with van der Waals surface area (Å²) in [6.07, 6.45) is 1.58. The molecule has 96 valence electrons. The molecule has 0 aliphatic heterocycles. The summed E-state index contributed by atoms with van der Waals surface area (Å²) in [6.45, 7) is 0.577. The maximum atomic E-state index is 11.9. The van der Waals surface area contributed by atoms with E-state index >= 15 is 0 Å². The number of methoxy groups -OCH3 is 1. The lowest BCUT2D eigenvalue weighted by molar-refractivity contribution is -0.131. The van der Waals surface area contributed by atoms with Crippen LogP contribution in [0.2, 0.25) is 0 Å². The molecule has 0 aliphatic carbocycles. The van der Waals surface area contributed by atoms with Gasteiger partial charge in [0, 0.05) is 20.1 Å². The van der Waals surface area contributed by atoms with Crippen LogP contribution >= 0.6 is 0 Å². The van der Waals surface area contributed by atoms with E-state index in [0.29, 0.717) is 13.0 Å². The molecule has 1 unspecified atom stereocenters. The smallest absolute Gasteiger partial charge is 0.253 e. The highest BCUT2D eigenvalue weighted by molar-refractivity contribution is 5.82. The first-order valence-electron chi connectivity index (χ1n) is 6.02. The highest BCUT2D eigenvalue weighted by atomic mass is 16.5. The molecule has 0 saturated carbocycles. The maximum absolute atomic E-state index is 11.9. The van der Waals surface area contributed by atoms with Crippen molar-refractivity contribution in [3.05, 3.63) is 35.9 Å². The molecule has 1 N–H and O–H groups in total. The van der Waals surface area contributed by atoms with Crippen LogP contribution in [0, 0.1) is 11.3 Å². The van der Waals surface area contributed by atoms with Crippen molar-refractivity contribution < 1.29 is 9.53 Å².